The van der Waals surface area contributed by atoms with Crippen LogP contribution in [-0.2, 0) is 0 Å². The predicted molar refractivity (Wildman–Crippen MR) is 45.4 cm³/mol. The third-order valence-corrected chi connectivity index (χ3v) is 1.36. The second kappa shape index (κ2) is 3.57. The van der Waals surface area contributed by atoms with Crippen LogP contribution in [0.15, 0.2) is 23.2 Å². The van der Waals surface area contributed by atoms with Gasteiger partial charge >= 0.3 is 6.09 Å². The average molecular weight is 181 g/mol. The number of aromatic hydroxyl groups is 2. The molecular formula is C8H7NO4. The van der Waals surface area contributed by atoms with Gasteiger partial charge in [0.05, 0.1) is 0 Å². The number of rotatable bonds is 1. The first-order valence-corrected chi connectivity index (χ1v) is 3.39. The van der Waals surface area contributed by atoms with Crippen molar-refractivity contribution in [3.63, 3.8) is 0 Å². The summed E-state index contributed by atoms with van der Waals surface area (Å²) in [6.07, 6.45) is -0.403. The maximum absolute atomic E-state index is 10.0. The largest absolute Gasteiger partial charge is 0.504 e. The van der Waals surface area contributed by atoms with Gasteiger partial charge in [-0.2, -0.15) is 4.99 Å². The highest BCUT2D eigenvalue weighted by molar-refractivity contribution is 5.91. The van der Waals surface area contributed by atoms with Gasteiger partial charge in [-0.3, -0.25) is 0 Å². The van der Waals surface area contributed by atoms with Crippen LogP contribution in [0.1, 0.15) is 5.56 Å². The van der Waals surface area contributed by atoms with Crippen LogP contribution in [0.3, 0.4) is 0 Å². The van der Waals surface area contributed by atoms with Gasteiger partial charge in [-0.25, -0.2) is 4.79 Å². The Morgan fingerprint density at radius 1 is 1.38 bits per heavy atom. The van der Waals surface area contributed by atoms with E-state index in [-0.39, 0.29) is 17.1 Å². The number of para-hydroxylation sites is 1. The smallest absolute Gasteiger partial charge is 0.431 e. The second-order valence-electron chi connectivity index (χ2n) is 2.26. The van der Waals surface area contributed by atoms with Gasteiger partial charge < -0.3 is 15.3 Å². The van der Waals surface area contributed by atoms with Crippen LogP contribution in [0.4, 0.5) is 4.79 Å². The molecule has 1 rings (SSSR count). The zero-order valence-corrected chi connectivity index (χ0v) is 6.51. The number of hydrogen-bond donors (Lipinski definition) is 3. The second-order valence-corrected chi connectivity index (χ2v) is 2.26. The lowest BCUT2D eigenvalue weighted by atomic mass is 10.2. The molecule has 0 saturated heterocycles. The summed E-state index contributed by atoms with van der Waals surface area (Å²) in [5, 5.41) is 26.4. The van der Waals surface area contributed by atoms with Gasteiger partial charge in [-0.1, -0.05) is 6.07 Å². The number of aliphatic imine (C=N–C) groups is 1. The number of amides is 1. The Balaban J connectivity index is 3.02. The van der Waals surface area contributed by atoms with Crippen LogP contribution in [0.2, 0.25) is 0 Å². The van der Waals surface area contributed by atoms with Gasteiger partial charge in [0.2, 0.25) is 0 Å². The van der Waals surface area contributed by atoms with Gasteiger partial charge in [0.25, 0.3) is 0 Å². The van der Waals surface area contributed by atoms with Crippen LogP contribution < -0.4 is 0 Å². The van der Waals surface area contributed by atoms with E-state index in [9.17, 15) is 9.90 Å². The molecule has 3 N–H and O–H groups in total. The number of phenolic OH excluding ortho intramolecular Hbond substituents is 2. The van der Waals surface area contributed by atoms with E-state index in [1.165, 1.54) is 18.2 Å². The van der Waals surface area contributed by atoms with E-state index in [4.69, 9.17) is 10.2 Å². The SMILES string of the molecule is O=C(O)/N=C/c1cccc(O)c1O. The third-order valence-electron chi connectivity index (χ3n) is 1.36. The lowest BCUT2D eigenvalue weighted by Crippen LogP contribution is -1.88. The number of hydrogen-bond acceptors (Lipinski definition) is 3. The Morgan fingerprint density at radius 3 is 2.69 bits per heavy atom. The van der Waals surface area contributed by atoms with Crippen molar-refractivity contribution in [3.05, 3.63) is 23.8 Å². The zero-order chi connectivity index (χ0) is 9.84. The minimum absolute atomic E-state index is 0.155. The van der Waals surface area contributed by atoms with Crippen LogP contribution in [0.5, 0.6) is 11.5 Å². The molecule has 5 nitrogen and oxygen atoms in total. The van der Waals surface area contributed by atoms with Gasteiger partial charge in [0, 0.05) is 11.8 Å². The molecule has 0 radical (unpaired) electrons. The predicted octanol–water partition coefficient (Wildman–Crippen LogP) is 1.19. The number of benzene rings is 1. The molecule has 0 unspecified atom stereocenters. The Hall–Kier alpha value is -2.04. The summed E-state index contributed by atoms with van der Waals surface area (Å²) in [5.41, 5.74) is 0.155. The minimum Gasteiger partial charge on any atom is -0.504 e. The van der Waals surface area contributed by atoms with Crippen LogP contribution in [0.25, 0.3) is 0 Å². The zero-order valence-electron chi connectivity index (χ0n) is 6.51. The van der Waals surface area contributed by atoms with Crippen molar-refractivity contribution in [3.8, 4) is 11.5 Å². The van der Waals surface area contributed by atoms with Crippen molar-refractivity contribution in [2.45, 2.75) is 0 Å². The topological polar surface area (TPSA) is 90.1 Å². The van der Waals surface area contributed by atoms with Gasteiger partial charge in [-0.05, 0) is 12.1 Å². The molecule has 0 saturated carbocycles. The lowest BCUT2D eigenvalue weighted by molar-refractivity contribution is 0.206. The quantitative estimate of drug-likeness (QED) is 0.448. The number of carbonyl (C=O) groups is 1. The van der Waals surface area contributed by atoms with Crippen LogP contribution in [0, 0.1) is 0 Å². The highest BCUT2D eigenvalue weighted by atomic mass is 16.4. The average Bonchev–Trinajstić information content (AvgIpc) is 2.07. The highest BCUT2D eigenvalue weighted by Crippen LogP contribution is 2.26. The van der Waals surface area contributed by atoms with E-state index in [1.807, 2.05) is 0 Å². The van der Waals surface area contributed by atoms with Gasteiger partial charge in [0.15, 0.2) is 11.5 Å². The van der Waals surface area contributed by atoms with Crippen LogP contribution in [-0.4, -0.2) is 27.6 Å². The highest BCUT2D eigenvalue weighted by Gasteiger charge is 2.02. The molecule has 0 bridgehead atoms. The summed E-state index contributed by atoms with van der Waals surface area (Å²) >= 11 is 0. The molecule has 1 aromatic rings. The first-order chi connectivity index (χ1) is 6.11. The summed E-state index contributed by atoms with van der Waals surface area (Å²) < 4.78 is 0. The minimum atomic E-state index is -1.36. The fraction of sp³-hybridized carbons (Fsp3) is 0. The lowest BCUT2D eigenvalue weighted by Gasteiger charge is -1.99. The third kappa shape index (κ3) is 2.19. The normalized spacial score (nSPS) is 10.5. The molecule has 0 spiro atoms. The van der Waals surface area contributed by atoms with Crippen molar-refractivity contribution >= 4 is 12.3 Å². The van der Waals surface area contributed by atoms with E-state index in [0.717, 1.165) is 6.21 Å². The van der Waals surface area contributed by atoms with Crippen molar-refractivity contribution in [2.75, 3.05) is 0 Å². The summed E-state index contributed by atoms with van der Waals surface area (Å²) in [4.78, 5) is 13.0. The summed E-state index contributed by atoms with van der Waals surface area (Å²) in [5.74, 6) is -0.693. The standard InChI is InChI=1S/C8H7NO4/c10-6-3-1-2-5(7(6)11)4-9-8(12)13/h1-4,10-11H,(H,12,13)/b9-4+. The monoisotopic (exact) mass is 181 g/mol. The Labute approximate surface area is 73.6 Å². The van der Waals surface area contributed by atoms with Crippen molar-refractivity contribution in [1.82, 2.24) is 0 Å². The summed E-state index contributed by atoms with van der Waals surface area (Å²) in [6.45, 7) is 0. The summed E-state index contributed by atoms with van der Waals surface area (Å²) in [6, 6.07) is 4.19. The molecule has 0 aliphatic heterocycles. The van der Waals surface area contributed by atoms with Crippen molar-refractivity contribution in [2.24, 2.45) is 4.99 Å². The molecule has 1 aromatic carbocycles. The summed E-state index contributed by atoms with van der Waals surface area (Å²) in [7, 11) is 0. The van der Waals surface area contributed by atoms with E-state index in [1.54, 1.807) is 0 Å². The molecule has 0 aliphatic rings. The van der Waals surface area contributed by atoms with Crippen molar-refractivity contribution in [1.29, 1.82) is 0 Å². The van der Waals surface area contributed by atoms with E-state index < -0.39 is 6.09 Å². The molecule has 5 heteroatoms. The molecule has 0 fully saturated rings. The molecule has 0 atom stereocenters. The molecule has 68 valence electrons. The molecule has 0 aliphatic carbocycles. The first-order valence-electron chi connectivity index (χ1n) is 3.39. The van der Waals surface area contributed by atoms with E-state index in [2.05, 4.69) is 4.99 Å². The fourth-order valence-corrected chi connectivity index (χ4v) is 0.778. The first kappa shape index (κ1) is 9.05. The number of nitrogens with zero attached hydrogens (tertiary/aromatic N) is 1. The maximum Gasteiger partial charge on any atom is 0.431 e. The Bertz CT molecular complexity index is 359. The Morgan fingerprint density at radius 2 is 2.08 bits per heavy atom. The van der Waals surface area contributed by atoms with Crippen LogP contribution >= 0.6 is 0 Å². The maximum atomic E-state index is 10.0. The number of carboxylic acid groups (broad SMARTS) is 1. The van der Waals surface area contributed by atoms with E-state index in [0.29, 0.717) is 0 Å². The van der Waals surface area contributed by atoms with Gasteiger partial charge in [0.1, 0.15) is 0 Å². The fourth-order valence-electron chi connectivity index (χ4n) is 0.778. The molecule has 0 heterocycles. The molecule has 13 heavy (non-hydrogen) atoms. The molecule has 1 amide bonds. The van der Waals surface area contributed by atoms with Crippen molar-refractivity contribution < 1.29 is 20.1 Å². The molecule has 0 aromatic heterocycles. The van der Waals surface area contributed by atoms with Gasteiger partial charge in [-0.15, -0.1) is 0 Å². The number of phenols is 2. The molecular weight excluding hydrogens is 174 g/mol. The van der Waals surface area contributed by atoms with E-state index >= 15 is 0 Å². The Kier molecular flexibility index (Phi) is 2.49.